The smallest absolute Gasteiger partial charge is 0.317 e. The van der Waals surface area contributed by atoms with Crippen molar-refractivity contribution in [2.75, 3.05) is 6.61 Å². The van der Waals surface area contributed by atoms with Crippen LogP contribution in [0.4, 0.5) is 0 Å². The Morgan fingerprint density at radius 2 is 1.85 bits per heavy atom. The second kappa shape index (κ2) is 5.29. The molecule has 0 spiro atoms. The highest BCUT2D eigenvalue weighted by atomic mass is 16.5. The van der Waals surface area contributed by atoms with Crippen LogP contribution in [-0.4, -0.2) is 24.3 Å². The zero-order chi connectivity index (χ0) is 10.4. The van der Waals surface area contributed by atoms with Crippen LogP contribution in [0.25, 0.3) is 0 Å². The third kappa shape index (κ3) is 3.23. The Morgan fingerprint density at radius 3 is 2.15 bits per heavy atom. The van der Waals surface area contributed by atoms with Gasteiger partial charge in [-0.25, -0.2) is 0 Å². The molecule has 0 heterocycles. The van der Waals surface area contributed by atoms with E-state index in [1.165, 1.54) is 0 Å². The molecule has 0 aliphatic carbocycles. The Kier molecular flexibility index (Phi) is 4.72. The molecule has 0 aromatic heterocycles. The maximum absolute atomic E-state index is 11.1. The minimum atomic E-state index is -1.10. The molecule has 1 unspecified atom stereocenters. The van der Waals surface area contributed by atoms with Crippen LogP contribution in [0.5, 0.6) is 0 Å². The first-order valence-electron chi connectivity index (χ1n) is 4.04. The van der Waals surface area contributed by atoms with E-state index in [1.54, 1.807) is 13.8 Å². The minimum Gasteiger partial charge on any atom is -0.465 e. The summed E-state index contributed by atoms with van der Waals surface area (Å²) in [6.45, 7) is 3.42. The van der Waals surface area contributed by atoms with Crippen molar-refractivity contribution < 1.29 is 19.1 Å². The largest absolute Gasteiger partial charge is 0.465 e. The molecule has 0 fully saturated rings. The molecule has 5 nitrogen and oxygen atoms in total. The average Bonchev–Trinajstić information content (AvgIpc) is 2.05. The fourth-order valence-electron chi connectivity index (χ4n) is 0.874. The minimum absolute atomic E-state index is 0.182. The molecule has 1 atom stereocenters. The molecule has 5 heteroatoms. The van der Waals surface area contributed by atoms with Crippen LogP contribution in [0.1, 0.15) is 20.3 Å². The van der Waals surface area contributed by atoms with Crippen LogP contribution in [0, 0.1) is 5.92 Å². The molecule has 0 saturated heterocycles. The molecule has 74 valence electrons. The topological polar surface area (TPSA) is 86.5 Å². The van der Waals surface area contributed by atoms with E-state index in [2.05, 4.69) is 4.74 Å². The van der Waals surface area contributed by atoms with Gasteiger partial charge in [-0.05, 0) is 13.3 Å². The van der Waals surface area contributed by atoms with Crippen molar-refractivity contribution in [1.82, 2.24) is 0 Å². The van der Waals surface area contributed by atoms with Crippen molar-refractivity contribution in [3.63, 3.8) is 0 Å². The molecule has 13 heavy (non-hydrogen) atoms. The van der Waals surface area contributed by atoms with Crippen molar-refractivity contribution >= 4 is 17.7 Å². The van der Waals surface area contributed by atoms with Gasteiger partial charge in [0, 0.05) is 0 Å². The van der Waals surface area contributed by atoms with Crippen LogP contribution in [0.3, 0.4) is 0 Å². The highest BCUT2D eigenvalue weighted by molar-refractivity contribution is 6.39. The lowest BCUT2D eigenvalue weighted by Gasteiger charge is -2.09. The molecule has 0 aliphatic heterocycles. The lowest BCUT2D eigenvalue weighted by Crippen LogP contribution is -2.35. The molecule has 1 amide bonds. The standard InChI is InChI=1S/C8H13NO4/c1-3-5(6(10)7(9)11)8(12)13-4-2/h5H,3-4H2,1-2H3,(H2,9,11). The van der Waals surface area contributed by atoms with Gasteiger partial charge in [0.1, 0.15) is 5.92 Å². The Bertz CT molecular complexity index is 224. The fourth-order valence-corrected chi connectivity index (χ4v) is 0.874. The Labute approximate surface area is 76.2 Å². The summed E-state index contributed by atoms with van der Waals surface area (Å²) < 4.78 is 4.60. The number of ketones is 1. The summed E-state index contributed by atoms with van der Waals surface area (Å²) in [5.74, 6) is -3.72. The highest BCUT2D eigenvalue weighted by Gasteiger charge is 2.29. The molecule has 0 aliphatic rings. The monoisotopic (exact) mass is 187 g/mol. The summed E-state index contributed by atoms with van der Waals surface area (Å²) in [6, 6.07) is 0. The summed E-state index contributed by atoms with van der Waals surface area (Å²) in [7, 11) is 0. The quantitative estimate of drug-likeness (QED) is 0.361. The Morgan fingerprint density at radius 1 is 1.31 bits per heavy atom. The molecule has 0 aromatic carbocycles. The number of hydrogen-bond donors (Lipinski definition) is 1. The van der Waals surface area contributed by atoms with E-state index in [1.807, 2.05) is 0 Å². The summed E-state index contributed by atoms with van der Waals surface area (Å²) in [5, 5.41) is 0. The van der Waals surface area contributed by atoms with Gasteiger partial charge in [-0.1, -0.05) is 6.92 Å². The number of ether oxygens (including phenoxy) is 1. The van der Waals surface area contributed by atoms with E-state index in [0.29, 0.717) is 0 Å². The zero-order valence-electron chi connectivity index (χ0n) is 7.70. The lowest BCUT2D eigenvalue weighted by atomic mass is 10.0. The number of Topliss-reactive ketones (excluding diaryl/α,β-unsaturated/α-hetero) is 1. The number of carbonyl (C=O) groups is 3. The predicted molar refractivity (Wildman–Crippen MR) is 44.6 cm³/mol. The summed E-state index contributed by atoms with van der Waals surface area (Å²) in [4.78, 5) is 32.6. The van der Waals surface area contributed by atoms with Gasteiger partial charge in [0.2, 0.25) is 5.78 Å². The normalized spacial score (nSPS) is 11.8. The number of hydrogen-bond acceptors (Lipinski definition) is 4. The molecule has 0 bridgehead atoms. The average molecular weight is 187 g/mol. The Hall–Kier alpha value is -1.39. The molecular formula is C8H13NO4. The first-order valence-corrected chi connectivity index (χ1v) is 4.04. The van der Waals surface area contributed by atoms with Gasteiger partial charge in [-0.2, -0.15) is 0 Å². The van der Waals surface area contributed by atoms with Gasteiger partial charge in [-0.3, -0.25) is 14.4 Å². The summed E-state index contributed by atoms with van der Waals surface area (Å²) >= 11 is 0. The Balaban J connectivity index is 4.41. The number of nitrogens with two attached hydrogens (primary N) is 1. The molecule has 0 aromatic rings. The second-order valence-electron chi connectivity index (χ2n) is 2.44. The summed E-state index contributed by atoms with van der Waals surface area (Å²) in [5.41, 5.74) is 4.75. The molecule has 0 saturated carbocycles. The third-order valence-corrected chi connectivity index (χ3v) is 1.54. The van der Waals surface area contributed by atoms with Crippen molar-refractivity contribution in [3.05, 3.63) is 0 Å². The van der Waals surface area contributed by atoms with Crippen molar-refractivity contribution in [2.45, 2.75) is 20.3 Å². The SMILES string of the molecule is CCOC(=O)C(CC)C(=O)C(N)=O. The molecular weight excluding hydrogens is 174 g/mol. The van der Waals surface area contributed by atoms with Crippen LogP contribution in [0.2, 0.25) is 0 Å². The lowest BCUT2D eigenvalue weighted by molar-refractivity contribution is -0.154. The number of primary amides is 1. The number of amides is 1. The van der Waals surface area contributed by atoms with Crippen LogP contribution >= 0.6 is 0 Å². The van der Waals surface area contributed by atoms with E-state index in [4.69, 9.17) is 5.73 Å². The number of rotatable bonds is 5. The van der Waals surface area contributed by atoms with Crippen LogP contribution < -0.4 is 5.73 Å². The maximum atomic E-state index is 11.1. The first kappa shape index (κ1) is 11.6. The van der Waals surface area contributed by atoms with Gasteiger partial charge < -0.3 is 10.5 Å². The van der Waals surface area contributed by atoms with E-state index < -0.39 is 23.6 Å². The van der Waals surface area contributed by atoms with E-state index in [9.17, 15) is 14.4 Å². The maximum Gasteiger partial charge on any atom is 0.317 e. The number of esters is 1. The molecule has 0 radical (unpaired) electrons. The van der Waals surface area contributed by atoms with Crippen LogP contribution in [-0.2, 0) is 19.1 Å². The fraction of sp³-hybridized carbons (Fsp3) is 0.625. The number of carbonyl (C=O) groups excluding carboxylic acids is 3. The van der Waals surface area contributed by atoms with Crippen molar-refractivity contribution in [2.24, 2.45) is 11.7 Å². The zero-order valence-corrected chi connectivity index (χ0v) is 7.70. The van der Waals surface area contributed by atoms with E-state index in [-0.39, 0.29) is 13.0 Å². The van der Waals surface area contributed by atoms with Gasteiger partial charge in [0.25, 0.3) is 5.91 Å². The first-order chi connectivity index (χ1) is 6.04. The third-order valence-electron chi connectivity index (χ3n) is 1.54. The van der Waals surface area contributed by atoms with Crippen molar-refractivity contribution in [3.8, 4) is 0 Å². The van der Waals surface area contributed by atoms with E-state index in [0.717, 1.165) is 0 Å². The van der Waals surface area contributed by atoms with Gasteiger partial charge >= 0.3 is 5.97 Å². The summed E-state index contributed by atoms with van der Waals surface area (Å²) in [6.07, 6.45) is 0.223. The van der Waals surface area contributed by atoms with Gasteiger partial charge in [0.05, 0.1) is 6.61 Å². The second-order valence-corrected chi connectivity index (χ2v) is 2.44. The van der Waals surface area contributed by atoms with Gasteiger partial charge in [0.15, 0.2) is 0 Å². The highest BCUT2D eigenvalue weighted by Crippen LogP contribution is 2.06. The van der Waals surface area contributed by atoms with E-state index >= 15 is 0 Å². The molecule has 0 rings (SSSR count). The molecule has 2 N–H and O–H groups in total. The van der Waals surface area contributed by atoms with Crippen LogP contribution in [0.15, 0.2) is 0 Å². The van der Waals surface area contributed by atoms with Crippen molar-refractivity contribution in [1.29, 1.82) is 0 Å². The van der Waals surface area contributed by atoms with Gasteiger partial charge in [-0.15, -0.1) is 0 Å². The predicted octanol–water partition coefficient (Wildman–Crippen LogP) is -0.370.